The molecule has 0 fully saturated rings. The number of hydrogen-bond acceptors (Lipinski definition) is 2. The van der Waals surface area contributed by atoms with Gasteiger partial charge in [-0.3, -0.25) is 0 Å². The number of rotatable bonds is 2. The summed E-state index contributed by atoms with van der Waals surface area (Å²) in [5.41, 5.74) is 2.72. The van der Waals surface area contributed by atoms with Crippen molar-refractivity contribution < 1.29 is 10.2 Å². The van der Waals surface area contributed by atoms with Gasteiger partial charge in [-0.25, -0.2) is 0 Å². The van der Waals surface area contributed by atoms with Gasteiger partial charge < -0.3 is 10.2 Å². The number of aromatic hydroxyl groups is 1. The maximum absolute atomic E-state index is 9.60. The smallest absolute Gasteiger partial charge is 0.119 e. The van der Waals surface area contributed by atoms with Crippen LogP contribution in [0.5, 0.6) is 5.75 Å². The van der Waals surface area contributed by atoms with E-state index in [9.17, 15) is 5.11 Å². The SMILES string of the molecule is Cc1cc(O)c(C(C)C)cc1CO. The highest BCUT2D eigenvalue weighted by atomic mass is 16.3. The van der Waals surface area contributed by atoms with Crippen LogP contribution in [0.3, 0.4) is 0 Å². The Kier molecular flexibility index (Phi) is 2.94. The minimum atomic E-state index is 0.0336. The molecule has 2 heteroatoms. The van der Waals surface area contributed by atoms with E-state index in [0.717, 1.165) is 16.7 Å². The standard InChI is InChI=1S/C11H16O2/c1-7(2)10-5-9(6-12)8(3)4-11(10)13/h4-5,7,12-13H,6H2,1-3H3. The predicted octanol–water partition coefficient (Wildman–Crippen LogP) is 2.32. The molecule has 1 aromatic rings. The minimum Gasteiger partial charge on any atom is -0.508 e. The maximum Gasteiger partial charge on any atom is 0.119 e. The van der Waals surface area contributed by atoms with Crippen LogP contribution in [0.4, 0.5) is 0 Å². The molecule has 1 aromatic carbocycles. The van der Waals surface area contributed by atoms with Gasteiger partial charge in [-0.05, 0) is 41.7 Å². The lowest BCUT2D eigenvalue weighted by Crippen LogP contribution is -1.94. The van der Waals surface area contributed by atoms with Crippen LogP contribution in [0.25, 0.3) is 0 Å². The van der Waals surface area contributed by atoms with E-state index < -0.39 is 0 Å². The molecule has 72 valence electrons. The number of benzene rings is 1. The second-order valence-electron chi connectivity index (χ2n) is 3.65. The number of aliphatic hydroxyl groups is 1. The van der Waals surface area contributed by atoms with Gasteiger partial charge in [0, 0.05) is 0 Å². The van der Waals surface area contributed by atoms with E-state index >= 15 is 0 Å². The highest BCUT2D eigenvalue weighted by Crippen LogP contribution is 2.28. The van der Waals surface area contributed by atoms with Crippen molar-refractivity contribution in [1.29, 1.82) is 0 Å². The van der Waals surface area contributed by atoms with E-state index in [1.54, 1.807) is 6.07 Å². The average Bonchev–Trinajstić information content (AvgIpc) is 2.03. The molecular formula is C11H16O2. The van der Waals surface area contributed by atoms with Crippen LogP contribution in [-0.2, 0) is 6.61 Å². The third-order valence-electron chi connectivity index (χ3n) is 2.28. The quantitative estimate of drug-likeness (QED) is 0.733. The van der Waals surface area contributed by atoms with Gasteiger partial charge in [0.05, 0.1) is 6.61 Å². The van der Waals surface area contributed by atoms with Crippen LogP contribution in [-0.4, -0.2) is 10.2 Å². The van der Waals surface area contributed by atoms with E-state index in [4.69, 9.17) is 5.11 Å². The van der Waals surface area contributed by atoms with E-state index in [0.29, 0.717) is 5.75 Å². The van der Waals surface area contributed by atoms with E-state index in [-0.39, 0.29) is 12.5 Å². The van der Waals surface area contributed by atoms with Crippen molar-refractivity contribution in [2.75, 3.05) is 0 Å². The molecule has 0 atom stereocenters. The van der Waals surface area contributed by atoms with Gasteiger partial charge in [0.15, 0.2) is 0 Å². The fourth-order valence-corrected chi connectivity index (χ4v) is 1.39. The molecule has 0 aliphatic rings. The highest BCUT2D eigenvalue weighted by Gasteiger charge is 2.08. The van der Waals surface area contributed by atoms with Crippen molar-refractivity contribution in [2.24, 2.45) is 0 Å². The molecule has 0 aliphatic carbocycles. The van der Waals surface area contributed by atoms with Gasteiger partial charge >= 0.3 is 0 Å². The first-order chi connectivity index (χ1) is 6.06. The van der Waals surface area contributed by atoms with Crippen molar-refractivity contribution in [1.82, 2.24) is 0 Å². The molecule has 0 saturated heterocycles. The van der Waals surface area contributed by atoms with Crippen LogP contribution in [0.15, 0.2) is 12.1 Å². The summed E-state index contributed by atoms with van der Waals surface area (Å²) >= 11 is 0. The zero-order valence-electron chi connectivity index (χ0n) is 8.33. The molecular weight excluding hydrogens is 164 g/mol. The molecule has 0 unspecified atom stereocenters. The van der Waals surface area contributed by atoms with Crippen LogP contribution in [0, 0.1) is 6.92 Å². The van der Waals surface area contributed by atoms with Gasteiger partial charge in [0.2, 0.25) is 0 Å². The van der Waals surface area contributed by atoms with Crippen molar-refractivity contribution in [3.63, 3.8) is 0 Å². The van der Waals surface area contributed by atoms with Gasteiger partial charge in [-0.2, -0.15) is 0 Å². The monoisotopic (exact) mass is 180 g/mol. The molecule has 0 amide bonds. The predicted molar refractivity (Wildman–Crippen MR) is 52.9 cm³/mol. The van der Waals surface area contributed by atoms with Crippen LogP contribution in [0.1, 0.15) is 36.5 Å². The molecule has 0 aliphatic heterocycles. The summed E-state index contributed by atoms with van der Waals surface area (Å²) in [6, 6.07) is 3.58. The van der Waals surface area contributed by atoms with Crippen molar-refractivity contribution >= 4 is 0 Å². The molecule has 1 rings (SSSR count). The number of hydrogen-bond donors (Lipinski definition) is 2. The van der Waals surface area contributed by atoms with E-state index in [2.05, 4.69) is 0 Å². The van der Waals surface area contributed by atoms with Crippen LogP contribution in [0.2, 0.25) is 0 Å². The third-order valence-corrected chi connectivity index (χ3v) is 2.28. The van der Waals surface area contributed by atoms with Gasteiger partial charge in [0.25, 0.3) is 0 Å². The molecule has 0 aromatic heterocycles. The third kappa shape index (κ3) is 2.01. The molecule has 0 heterocycles. The summed E-state index contributed by atoms with van der Waals surface area (Å²) in [5.74, 6) is 0.607. The van der Waals surface area contributed by atoms with Crippen molar-refractivity contribution in [3.05, 3.63) is 28.8 Å². The minimum absolute atomic E-state index is 0.0336. The Hall–Kier alpha value is -1.02. The first-order valence-electron chi connectivity index (χ1n) is 4.49. The Morgan fingerprint density at radius 1 is 1.31 bits per heavy atom. The maximum atomic E-state index is 9.60. The molecule has 13 heavy (non-hydrogen) atoms. The highest BCUT2D eigenvalue weighted by molar-refractivity contribution is 5.42. The van der Waals surface area contributed by atoms with Gasteiger partial charge in [-0.1, -0.05) is 13.8 Å². The lowest BCUT2D eigenvalue weighted by atomic mass is 9.97. The van der Waals surface area contributed by atoms with Crippen LogP contribution < -0.4 is 0 Å². The summed E-state index contributed by atoms with van der Waals surface area (Å²) in [7, 11) is 0. The Balaban J connectivity index is 3.22. The zero-order chi connectivity index (χ0) is 10.0. The first-order valence-corrected chi connectivity index (χ1v) is 4.49. The summed E-state index contributed by atoms with van der Waals surface area (Å²) in [5, 5.41) is 18.6. The number of aliphatic hydroxyl groups excluding tert-OH is 1. The second-order valence-corrected chi connectivity index (χ2v) is 3.65. The molecule has 2 nitrogen and oxygen atoms in total. The molecule has 0 bridgehead atoms. The van der Waals surface area contributed by atoms with Crippen molar-refractivity contribution in [2.45, 2.75) is 33.3 Å². The zero-order valence-corrected chi connectivity index (χ0v) is 8.33. The summed E-state index contributed by atoms with van der Waals surface area (Å²) in [6.07, 6.45) is 0. The molecule has 0 saturated carbocycles. The number of aryl methyl sites for hydroxylation is 1. The lowest BCUT2D eigenvalue weighted by molar-refractivity contribution is 0.280. The van der Waals surface area contributed by atoms with E-state index in [1.165, 1.54) is 0 Å². The fraction of sp³-hybridized carbons (Fsp3) is 0.455. The molecule has 0 spiro atoms. The fourth-order valence-electron chi connectivity index (χ4n) is 1.39. The lowest BCUT2D eigenvalue weighted by Gasteiger charge is -2.11. The topological polar surface area (TPSA) is 40.5 Å². The Morgan fingerprint density at radius 2 is 1.92 bits per heavy atom. The average molecular weight is 180 g/mol. The Morgan fingerprint density at radius 3 is 2.38 bits per heavy atom. The Bertz CT molecular complexity index is 303. The largest absolute Gasteiger partial charge is 0.508 e. The number of phenolic OH excluding ortho intramolecular Hbond substituents is 1. The van der Waals surface area contributed by atoms with E-state index in [1.807, 2.05) is 26.8 Å². The van der Waals surface area contributed by atoms with Gasteiger partial charge in [-0.15, -0.1) is 0 Å². The normalized spacial score (nSPS) is 10.8. The second kappa shape index (κ2) is 3.79. The summed E-state index contributed by atoms with van der Waals surface area (Å²) < 4.78 is 0. The molecule has 2 N–H and O–H groups in total. The summed E-state index contributed by atoms with van der Waals surface area (Å²) in [6.45, 7) is 5.96. The van der Waals surface area contributed by atoms with Crippen LogP contribution >= 0.6 is 0 Å². The first kappa shape index (κ1) is 10.1. The Labute approximate surface area is 78.8 Å². The van der Waals surface area contributed by atoms with Crippen molar-refractivity contribution in [3.8, 4) is 5.75 Å². The number of phenols is 1. The summed E-state index contributed by atoms with van der Waals surface area (Å²) in [4.78, 5) is 0. The molecule has 0 radical (unpaired) electrons. The van der Waals surface area contributed by atoms with Gasteiger partial charge in [0.1, 0.15) is 5.75 Å².